The second kappa shape index (κ2) is 14.6. The number of hydrogen-bond acceptors (Lipinski definition) is 8. The van der Waals surface area contributed by atoms with Crippen molar-refractivity contribution in [3.8, 4) is 0 Å². The Morgan fingerprint density at radius 3 is 2.24 bits per heavy atom. The Bertz CT molecular complexity index is 1520. The number of amides is 5. The summed E-state index contributed by atoms with van der Waals surface area (Å²) in [4.78, 5) is 91.8. The number of carbonyl (C=O) groups is 6. The van der Waals surface area contributed by atoms with Crippen LogP contribution in [0, 0.1) is 35.0 Å². The van der Waals surface area contributed by atoms with E-state index in [1.165, 1.54) is 18.6 Å². The third kappa shape index (κ3) is 7.32. The zero-order chi connectivity index (χ0) is 35.7. The Balaban J connectivity index is 1.22. The molecular formula is C37H51N7O6. The van der Waals surface area contributed by atoms with Gasteiger partial charge in [-0.25, -0.2) is 4.98 Å². The highest BCUT2D eigenvalue weighted by Crippen LogP contribution is 2.59. The van der Waals surface area contributed by atoms with Crippen LogP contribution in [0.5, 0.6) is 0 Å². The molecule has 4 fully saturated rings. The molecule has 4 N–H and O–H groups in total. The lowest BCUT2D eigenvalue weighted by molar-refractivity contribution is -0.146. The van der Waals surface area contributed by atoms with Gasteiger partial charge >= 0.3 is 0 Å². The monoisotopic (exact) mass is 689 g/mol. The first-order chi connectivity index (χ1) is 23.9. The summed E-state index contributed by atoms with van der Waals surface area (Å²) in [6, 6.07) is -3.75. The summed E-state index contributed by atoms with van der Waals surface area (Å²) in [5.41, 5.74) is -0.653. The third-order valence-electron chi connectivity index (χ3n) is 11.3. The smallest absolute Gasteiger partial charge is 0.289 e. The first kappa shape index (κ1) is 35.7. The second-order valence-electron chi connectivity index (χ2n) is 15.9. The van der Waals surface area contributed by atoms with Gasteiger partial charge in [0.05, 0.1) is 12.2 Å². The third-order valence-corrected chi connectivity index (χ3v) is 11.3. The molecule has 8 atom stereocenters. The summed E-state index contributed by atoms with van der Waals surface area (Å²) in [7, 11) is 0. The van der Waals surface area contributed by atoms with Crippen LogP contribution in [0.3, 0.4) is 0 Å². The lowest BCUT2D eigenvalue weighted by Crippen LogP contribution is -2.63. The van der Waals surface area contributed by atoms with Crippen LogP contribution < -0.4 is 21.3 Å². The van der Waals surface area contributed by atoms with Gasteiger partial charge in [-0.05, 0) is 61.2 Å². The summed E-state index contributed by atoms with van der Waals surface area (Å²) in [6.07, 6.45) is 15.4. The van der Waals surface area contributed by atoms with Gasteiger partial charge in [0.25, 0.3) is 11.8 Å². The van der Waals surface area contributed by atoms with E-state index >= 15 is 0 Å². The van der Waals surface area contributed by atoms with Crippen LogP contribution in [-0.4, -0.2) is 86.9 Å². The molecule has 5 aliphatic rings. The lowest BCUT2D eigenvalue weighted by atomic mass is 9.51. The molecule has 1 aliphatic heterocycles. The molecule has 13 nitrogen and oxygen atoms in total. The van der Waals surface area contributed by atoms with Gasteiger partial charge in [-0.3, -0.25) is 33.8 Å². The van der Waals surface area contributed by atoms with E-state index in [0.29, 0.717) is 19.4 Å². The Labute approximate surface area is 293 Å². The van der Waals surface area contributed by atoms with Crippen molar-refractivity contribution in [3.05, 3.63) is 36.4 Å². The molecule has 1 aromatic heterocycles. The Kier molecular flexibility index (Phi) is 10.4. The number of allylic oxidation sites excluding steroid dienone is 2. The number of hydrogen-bond donors (Lipinski definition) is 4. The van der Waals surface area contributed by atoms with Crippen LogP contribution in [0.1, 0.15) is 96.0 Å². The first-order valence-electron chi connectivity index (χ1n) is 18.4. The maximum atomic E-state index is 14.7. The normalized spacial score (nSPS) is 27.3. The molecule has 0 radical (unpaired) electrons. The largest absolute Gasteiger partial charge is 0.347 e. The molecule has 13 heteroatoms. The molecule has 0 spiro atoms. The molecule has 5 amide bonds. The van der Waals surface area contributed by atoms with Gasteiger partial charge in [0.1, 0.15) is 23.8 Å². The predicted octanol–water partition coefficient (Wildman–Crippen LogP) is 2.08. The van der Waals surface area contributed by atoms with Gasteiger partial charge in [0.15, 0.2) is 0 Å². The van der Waals surface area contributed by atoms with E-state index in [-0.39, 0.29) is 47.2 Å². The van der Waals surface area contributed by atoms with E-state index < -0.39 is 59.0 Å². The van der Waals surface area contributed by atoms with Crippen molar-refractivity contribution < 1.29 is 28.8 Å². The molecule has 1 saturated heterocycles. The van der Waals surface area contributed by atoms with Gasteiger partial charge in [0, 0.05) is 30.9 Å². The van der Waals surface area contributed by atoms with Gasteiger partial charge < -0.3 is 26.2 Å². The summed E-state index contributed by atoms with van der Waals surface area (Å²) in [5, 5.41) is 11.5. The van der Waals surface area contributed by atoms with Crippen molar-refractivity contribution in [2.24, 2.45) is 35.0 Å². The predicted molar refractivity (Wildman–Crippen MR) is 183 cm³/mol. The van der Waals surface area contributed by atoms with E-state index in [9.17, 15) is 28.8 Å². The van der Waals surface area contributed by atoms with Gasteiger partial charge in [-0.15, -0.1) is 0 Å². The number of Topliss-reactive ketones (excluding diaryl/α,β-unsaturated/α-hetero) is 1. The molecular weight excluding hydrogens is 638 g/mol. The Morgan fingerprint density at radius 2 is 1.64 bits per heavy atom. The zero-order valence-electron chi connectivity index (χ0n) is 29.5. The van der Waals surface area contributed by atoms with Crippen molar-refractivity contribution in [3.63, 3.8) is 0 Å². The summed E-state index contributed by atoms with van der Waals surface area (Å²) < 4.78 is 0. The minimum atomic E-state index is -1.01. The number of nitrogens with one attached hydrogen (secondary N) is 4. The maximum absolute atomic E-state index is 14.7. The SMILES string of the molecule is CCC[C@H](NC(=O)[C@@H]1[C@H]2C3C=CC3[C@H]2CN1C(=O)[C@@H](NC(=O)[C@@H](NC(=O)c1cnccn1)C1CCCCC1)C(C)(C)C)C(=O)C(=O)NC1CC1. The number of fused-ring (bicyclic) bond motifs is 4. The number of nitrogens with zero attached hydrogens (tertiary/aromatic N) is 3. The fourth-order valence-corrected chi connectivity index (χ4v) is 8.36. The van der Waals surface area contributed by atoms with Crippen LogP contribution in [0.2, 0.25) is 0 Å². The molecule has 1 aromatic rings. The fraction of sp³-hybridized carbons (Fsp3) is 0.676. The van der Waals surface area contributed by atoms with Crippen LogP contribution in [0.4, 0.5) is 0 Å². The standard InChI is InChI=1S/C37H51N7O6/c1-5-9-25(30(45)35(49)40-21-12-13-21)41-34(48)29-27-23-15-14-22(23)24(27)19-44(29)36(50)31(37(2,3)4)43-33(47)28(20-10-7-6-8-11-20)42-32(46)26-18-38-16-17-39-26/h14-18,20-25,27-29,31H,5-13,19H2,1-4H3,(H,40,49)(H,41,48)(H,42,46)(H,43,47)/t22?,23?,24-,25+,27+,28+,29+,31-/m1/s1. The van der Waals surface area contributed by atoms with Crippen LogP contribution in [-0.2, 0) is 24.0 Å². The minimum Gasteiger partial charge on any atom is -0.347 e. The van der Waals surface area contributed by atoms with Crippen molar-refractivity contribution >= 4 is 35.3 Å². The average molecular weight is 690 g/mol. The Morgan fingerprint density at radius 1 is 0.920 bits per heavy atom. The molecule has 50 heavy (non-hydrogen) atoms. The fourth-order valence-electron chi connectivity index (χ4n) is 8.36. The molecule has 0 bridgehead atoms. The van der Waals surface area contributed by atoms with Crippen molar-refractivity contribution in [1.29, 1.82) is 0 Å². The van der Waals surface area contributed by atoms with Crippen molar-refractivity contribution in [2.45, 2.75) is 116 Å². The molecule has 270 valence electrons. The highest BCUT2D eigenvalue weighted by Gasteiger charge is 2.64. The van der Waals surface area contributed by atoms with Crippen LogP contribution >= 0.6 is 0 Å². The number of carbonyl (C=O) groups excluding carboxylic acids is 6. The minimum absolute atomic E-state index is 0.00744. The van der Waals surface area contributed by atoms with E-state index in [2.05, 4.69) is 43.4 Å². The number of aromatic nitrogens is 2. The molecule has 2 unspecified atom stereocenters. The molecule has 3 saturated carbocycles. The summed E-state index contributed by atoms with van der Waals surface area (Å²) in [5.74, 6) is -2.89. The summed E-state index contributed by atoms with van der Waals surface area (Å²) >= 11 is 0. The maximum Gasteiger partial charge on any atom is 0.289 e. The Hall–Kier alpha value is -4.16. The van der Waals surface area contributed by atoms with E-state index in [0.717, 1.165) is 44.9 Å². The number of likely N-dealkylation sites (tertiary alicyclic amines) is 1. The molecule has 6 rings (SSSR count). The van der Waals surface area contributed by atoms with Crippen molar-refractivity contribution in [2.75, 3.05) is 6.54 Å². The van der Waals surface area contributed by atoms with Crippen molar-refractivity contribution in [1.82, 2.24) is 36.1 Å². The number of ketones is 1. The lowest BCUT2D eigenvalue weighted by Gasteiger charge is -2.52. The quantitative estimate of drug-likeness (QED) is 0.180. The zero-order valence-corrected chi connectivity index (χ0v) is 29.5. The van der Waals surface area contributed by atoms with E-state index in [1.807, 2.05) is 27.7 Å². The van der Waals surface area contributed by atoms with Crippen LogP contribution in [0.15, 0.2) is 30.7 Å². The first-order valence-corrected chi connectivity index (χ1v) is 18.4. The van der Waals surface area contributed by atoms with Gasteiger partial charge in [-0.2, -0.15) is 0 Å². The summed E-state index contributed by atoms with van der Waals surface area (Å²) in [6.45, 7) is 7.82. The van der Waals surface area contributed by atoms with E-state index in [1.54, 1.807) is 4.90 Å². The second-order valence-corrected chi connectivity index (χ2v) is 15.9. The molecule has 0 aromatic carbocycles. The topological polar surface area (TPSA) is 180 Å². The highest BCUT2D eigenvalue weighted by atomic mass is 16.2. The number of rotatable bonds is 13. The van der Waals surface area contributed by atoms with Gasteiger partial charge in [-0.1, -0.05) is 65.5 Å². The average Bonchev–Trinajstić information content (AvgIpc) is 3.84. The molecule has 2 heterocycles. The van der Waals surface area contributed by atoms with Crippen LogP contribution in [0.25, 0.3) is 0 Å². The van der Waals surface area contributed by atoms with Gasteiger partial charge in [0.2, 0.25) is 23.5 Å². The highest BCUT2D eigenvalue weighted by molar-refractivity contribution is 6.38. The molecule has 4 aliphatic carbocycles. The van der Waals surface area contributed by atoms with E-state index in [4.69, 9.17) is 0 Å².